The van der Waals surface area contributed by atoms with E-state index >= 15 is 0 Å². The topological polar surface area (TPSA) is 12.4 Å². The van der Waals surface area contributed by atoms with E-state index in [1.165, 1.54) is 29.8 Å². The predicted molar refractivity (Wildman–Crippen MR) is 142 cm³/mol. The van der Waals surface area contributed by atoms with E-state index in [4.69, 9.17) is 16.6 Å². The first-order valence-corrected chi connectivity index (χ1v) is 12.8. The molecular weight excluding hydrogens is 488 g/mol. The Bertz CT molecular complexity index is 1190. The summed E-state index contributed by atoms with van der Waals surface area (Å²) < 4.78 is 26.9. The summed E-state index contributed by atoms with van der Waals surface area (Å²) in [7, 11) is 0. The quantitative estimate of drug-likeness (QED) is 0.133. The fourth-order valence-corrected chi connectivity index (χ4v) is 5.90. The number of rotatable bonds is 8. The summed E-state index contributed by atoms with van der Waals surface area (Å²) in [6, 6.07) is 28.7. The van der Waals surface area contributed by atoms with E-state index in [1.54, 1.807) is 47.8 Å². The molecule has 0 aliphatic carbocycles. The van der Waals surface area contributed by atoms with Crippen LogP contribution < -0.4 is 0 Å². The maximum atomic E-state index is 13.5. The summed E-state index contributed by atoms with van der Waals surface area (Å²) in [6.07, 6.45) is 0.625. The Morgan fingerprint density at radius 3 is 1.74 bits per heavy atom. The number of nitrogens with zero attached hydrogens (tertiary/aromatic N) is 1. The number of hydrogen-bond acceptors (Lipinski definition) is 3. The van der Waals surface area contributed by atoms with Gasteiger partial charge in [-0.15, -0.1) is 23.5 Å². The van der Waals surface area contributed by atoms with Crippen molar-refractivity contribution >= 4 is 46.5 Å². The van der Waals surface area contributed by atoms with Gasteiger partial charge in [0.15, 0.2) is 0 Å². The Kier molecular flexibility index (Phi) is 8.44. The van der Waals surface area contributed by atoms with Gasteiger partial charge in [0.2, 0.25) is 0 Å². The van der Waals surface area contributed by atoms with E-state index in [9.17, 15) is 8.78 Å². The van der Waals surface area contributed by atoms with Crippen LogP contribution >= 0.6 is 35.1 Å². The molecule has 4 aromatic carbocycles. The van der Waals surface area contributed by atoms with Crippen molar-refractivity contribution in [2.75, 3.05) is 0 Å². The van der Waals surface area contributed by atoms with Crippen molar-refractivity contribution in [2.45, 2.75) is 27.7 Å². The van der Waals surface area contributed by atoms with Gasteiger partial charge in [0.05, 0.1) is 16.0 Å². The Labute approximate surface area is 212 Å². The summed E-state index contributed by atoms with van der Waals surface area (Å²) >= 11 is 9.39. The first kappa shape index (κ1) is 24.5. The van der Waals surface area contributed by atoms with Crippen LogP contribution in [-0.4, -0.2) is 10.3 Å². The molecule has 34 heavy (non-hydrogen) atoms. The SMILES string of the molecule is Cc1ccc(N=C(CC(Sc2ccc(F)cc2)Sc2ccc(F)cc2)c2ccc(Cl)cc2)cc1. The van der Waals surface area contributed by atoms with Gasteiger partial charge >= 0.3 is 0 Å². The van der Waals surface area contributed by atoms with Gasteiger partial charge in [-0.3, -0.25) is 4.99 Å². The normalized spacial score (nSPS) is 11.7. The molecule has 0 bridgehead atoms. The highest BCUT2D eigenvalue weighted by Gasteiger charge is 2.18. The first-order chi connectivity index (χ1) is 16.4. The molecule has 1 nitrogen and oxygen atoms in total. The summed E-state index contributed by atoms with van der Waals surface area (Å²) in [6.45, 7) is 2.04. The third-order valence-corrected chi connectivity index (χ3v) is 7.77. The Hall–Kier alpha value is -2.60. The van der Waals surface area contributed by atoms with E-state index in [2.05, 4.69) is 0 Å². The molecule has 0 amide bonds. The van der Waals surface area contributed by atoms with E-state index < -0.39 is 0 Å². The molecule has 0 atom stereocenters. The fourth-order valence-electron chi connectivity index (χ4n) is 3.24. The molecule has 4 rings (SSSR count). The second kappa shape index (κ2) is 11.7. The molecule has 0 fully saturated rings. The first-order valence-electron chi connectivity index (χ1n) is 10.7. The maximum absolute atomic E-state index is 13.5. The zero-order chi connectivity index (χ0) is 23.9. The lowest BCUT2D eigenvalue weighted by atomic mass is 10.1. The van der Waals surface area contributed by atoms with E-state index in [-0.39, 0.29) is 16.2 Å². The van der Waals surface area contributed by atoms with Crippen LogP contribution in [0.3, 0.4) is 0 Å². The molecule has 6 heteroatoms. The van der Waals surface area contributed by atoms with E-state index in [1.807, 2.05) is 55.5 Å². The molecule has 0 unspecified atom stereocenters. The fraction of sp³-hybridized carbons (Fsp3) is 0.107. The minimum Gasteiger partial charge on any atom is -0.253 e. The molecule has 0 aromatic heterocycles. The van der Waals surface area contributed by atoms with Crippen LogP contribution in [0.2, 0.25) is 5.02 Å². The molecular formula is C28H22ClF2NS2. The standard InChI is InChI=1S/C28H22ClF2NS2/c1-19-2-12-24(13-3-19)32-27(20-4-6-21(29)7-5-20)18-28(33-25-14-8-22(30)9-15-25)34-26-16-10-23(31)11-17-26/h2-17,28H,18H2,1H3. The van der Waals surface area contributed by atoms with Crippen LogP contribution in [0.4, 0.5) is 14.5 Å². The van der Waals surface area contributed by atoms with Crippen LogP contribution in [0.15, 0.2) is 112 Å². The lowest BCUT2D eigenvalue weighted by molar-refractivity contribution is 0.626. The molecule has 0 aliphatic rings. The van der Waals surface area contributed by atoms with Crippen LogP contribution in [0.1, 0.15) is 17.5 Å². The Morgan fingerprint density at radius 1 is 0.735 bits per heavy atom. The van der Waals surface area contributed by atoms with Crippen LogP contribution in [0, 0.1) is 18.6 Å². The summed E-state index contributed by atoms with van der Waals surface area (Å²) in [5, 5.41) is 0.663. The third kappa shape index (κ3) is 7.20. The molecule has 4 aromatic rings. The number of aliphatic imine (C=N–C) groups is 1. The largest absolute Gasteiger partial charge is 0.253 e. The van der Waals surface area contributed by atoms with Crippen molar-refractivity contribution in [1.82, 2.24) is 0 Å². The van der Waals surface area contributed by atoms with Crippen molar-refractivity contribution < 1.29 is 8.78 Å². The minimum absolute atomic E-state index is 0.01000. The zero-order valence-electron chi connectivity index (χ0n) is 18.4. The highest BCUT2D eigenvalue weighted by atomic mass is 35.5. The third-order valence-electron chi connectivity index (χ3n) is 5.00. The van der Waals surface area contributed by atoms with E-state index in [0.29, 0.717) is 11.4 Å². The summed E-state index contributed by atoms with van der Waals surface area (Å²) in [5.74, 6) is -0.537. The summed E-state index contributed by atoms with van der Waals surface area (Å²) in [5.41, 5.74) is 3.93. The second-order valence-electron chi connectivity index (χ2n) is 7.68. The van der Waals surface area contributed by atoms with Gasteiger partial charge < -0.3 is 0 Å². The van der Waals surface area contributed by atoms with Crippen molar-refractivity contribution in [3.8, 4) is 0 Å². The molecule has 0 heterocycles. The van der Waals surface area contributed by atoms with Crippen molar-refractivity contribution in [3.05, 3.63) is 125 Å². The second-order valence-corrected chi connectivity index (χ2v) is 11.0. The number of benzene rings is 4. The van der Waals surface area contributed by atoms with Crippen LogP contribution in [0.25, 0.3) is 0 Å². The lowest BCUT2D eigenvalue weighted by Gasteiger charge is -2.18. The highest BCUT2D eigenvalue weighted by molar-refractivity contribution is 8.17. The van der Waals surface area contributed by atoms with Gasteiger partial charge in [0.25, 0.3) is 0 Å². The van der Waals surface area contributed by atoms with Crippen molar-refractivity contribution in [2.24, 2.45) is 4.99 Å². The molecule has 0 N–H and O–H groups in total. The lowest BCUT2D eigenvalue weighted by Crippen LogP contribution is -2.09. The Morgan fingerprint density at radius 2 is 1.24 bits per heavy atom. The molecule has 0 radical (unpaired) electrons. The molecule has 0 aliphatic heterocycles. The Balaban J connectivity index is 1.68. The minimum atomic E-state index is -0.269. The molecule has 172 valence electrons. The van der Waals surface area contributed by atoms with Crippen LogP contribution in [-0.2, 0) is 0 Å². The smallest absolute Gasteiger partial charge is 0.123 e. The van der Waals surface area contributed by atoms with Gasteiger partial charge in [-0.05, 0) is 85.3 Å². The molecule has 0 saturated heterocycles. The van der Waals surface area contributed by atoms with E-state index in [0.717, 1.165) is 26.8 Å². The molecule has 0 saturated carbocycles. The van der Waals surface area contributed by atoms with Gasteiger partial charge in [0, 0.05) is 21.2 Å². The predicted octanol–water partition coefficient (Wildman–Crippen LogP) is 9.35. The number of halogens is 3. The van der Waals surface area contributed by atoms with Gasteiger partial charge in [-0.1, -0.05) is 41.4 Å². The maximum Gasteiger partial charge on any atom is 0.123 e. The van der Waals surface area contributed by atoms with Crippen molar-refractivity contribution in [3.63, 3.8) is 0 Å². The molecule has 0 spiro atoms. The zero-order valence-corrected chi connectivity index (χ0v) is 20.8. The monoisotopic (exact) mass is 509 g/mol. The van der Waals surface area contributed by atoms with Crippen LogP contribution in [0.5, 0.6) is 0 Å². The number of hydrogen-bond donors (Lipinski definition) is 0. The average molecular weight is 510 g/mol. The number of aryl methyl sites for hydroxylation is 1. The summed E-state index contributed by atoms with van der Waals surface area (Å²) in [4.78, 5) is 6.88. The van der Waals surface area contributed by atoms with Gasteiger partial charge in [0.1, 0.15) is 11.6 Å². The van der Waals surface area contributed by atoms with Crippen molar-refractivity contribution in [1.29, 1.82) is 0 Å². The number of thioether (sulfide) groups is 2. The average Bonchev–Trinajstić information content (AvgIpc) is 2.83. The highest BCUT2D eigenvalue weighted by Crippen LogP contribution is 2.39. The van der Waals surface area contributed by atoms with Gasteiger partial charge in [-0.2, -0.15) is 0 Å². The van der Waals surface area contributed by atoms with Gasteiger partial charge in [-0.25, -0.2) is 8.78 Å².